The molecule has 1 amide bonds. The van der Waals surface area contributed by atoms with Crippen LogP contribution in [0.5, 0.6) is 0 Å². The van der Waals surface area contributed by atoms with Crippen molar-refractivity contribution in [1.82, 2.24) is 4.90 Å². The molecule has 6 heteroatoms. The van der Waals surface area contributed by atoms with E-state index in [-0.39, 0.29) is 19.1 Å². The van der Waals surface area contributed by atoms with Crippen molar-refractivity contribution in [2.45, 2.75) is 18.4 Å². The first-order chi connectivity index (χ1) is 13.1. The van der Waals surface area contributed by atoms with Crippen LogP contribution in [-0.2, 0) is 9.53 Å². The summed E-state index contributed by atoms with van der Waals surface area (Å²) < 4.78 is 5.57. The molecule has 2 aliphatic rings. The van der Waals surface area contributed by atoms with Crippen LogP contribution in [0, 0.1) is 5.92 Å². The van der Waals surface area contributed by atoms with E-state index in [1.54, 1.807) is 0 Å². The number of aliphatic carboxylic acids is 1. The molecular formula is C21H21NO5. The van der Waals surface area contributed by atoms with Crippen LogP contribution in [0.25, 0.3) is 11.1 Å². The van der Waals surface area contributed by atoms with Crippen molar-refractivity contribution >= 4 is 12.1 Å². The van der Waals surface area contributed by atoms with Gasteiger partial charge >= 0.3 is 12.1 Å². The molecule has 2 aromatic rings. The first kappa shape index (κ1) is 17.5. The van der Waals surface area contributed by atoms with Gasteiger partial charge in [-0.05, 0) is 28.7 Å². The highest BCUT2D eigenvalue weighted by atomic mass is 16.6. The lowest BCUT2D eigenvalue weighted by Gasteiger charge is -2.20. The van der Waals surface area contributed by atoms with Crippen molar-refractivity contribution in [2.24, 2.45) is 5.92 Å². The summed E-state index contributed by atoms with van der Waals surface area (Å²) in [6.45, 7) is 0.825. The number of likely N-dealkylation sites (tertiary alicyclic amines) is 1. The molecule has 0 spiro atoms. The summed E-state index contributed by atoms with van der Waals surface area (Å²) in [5.41, 5.74) is 4.62. The first-order valence-corrected chi connectivity index (χ1v) is 9.07. The van der Waals surface area contributed by atoms with Crippen molar-refractivity contribution in [3.63, 3.8) is 0 Å². The van der Waals surface area contributed by atoms with Crippen LogP contribution < -0.4 is 0 Å². The van der Waals surface area contributed by atoms with E-state index in [4.69, 9.17) is 9.84 Å². The number of rotatable bonds is 4. The van der Waals surface area contributed by atoms with Gasteiger partial charge in [-0.2, -0.15) is 0 Å². The summed E-state index contributed by atoms with van der Waals surface area (Å²) >= 11 is 0. The average Bonchev–Trinajstić information content (AvgIpc) is 3.29. The molecule has 140 valence electrons. The summed E-state index contributed by atoms with van der Waals surface area (Å²) in [5.74, 6) is -1.72. The van der Waals surface area contributed by atoms with Gasteiger partial charge in [0.15, 0.2) is 6.10 Å². The van der Waals surface area contributed by atoms with Crippen molar-refractivity contribution < 1.29 is 24.5 Å². The molecule has 27 heavy (non-hydrogen) atoms. The number of amides is 1. The van der Waals surface area contributed by atoms with Crippen molar-refractivity contribution in [2.75, 3.05) is 19.7 Å². The van der Waals surface area contributed by atoms with Gasteiger partial charge in [-0.1, -0.05) is 48.5 Å². The van der Waals surface area contributed by atoms with E-state index in [2.05, 4.69) is 24.3 Å². The van der Waals surface area contributed by atoms with Gasteiger partial charge in [0.1, 0.15) is 6.61 Å². The van der Waals surface area contributed by atoms with Gasteiger partial charge in [0.05, 0.1) is 0 Å². The highest BCUT2D eigenvalue weighted by Crippen LogP contribution is 2.44. The third kappa shape index (κ3) is 3.17. The van der Waals surface area contributed by atoms with E-state index < -0.39 is 24.1 Å². The number of nitrogens with zero attached hydrogens (tertiary/aromatic N) is 1. The van der Waals surface area contributed by atoms with Crippen LogP contribution >= 0.6 is 0 Å². The zero-order chi connectivity index (χ0) is 19.0. The molecule has 0 radical (unpaired) electrons. The fourth-order valence-electron chi connectivity index (χ4n) is 4.10. The number of carboxylic acid groups (broad SMARTS) is 1. The molecule has 0 bridgehead atoms. The number of carboxylic acids is 1. The Morgan fingerprint density at radius 3 is 2.26 bits per heavy atom. The summed E-state index contributed by atoms with van der Waals surface area (Å²) in [5, 5.41) is 18.6. The molecule has 4 rings (SSSR count). The zero-order valence-electron chi connectivity index (χ0n) is 14.7. The Labute approximate surface area is 157 Å². The fraction of sp³-hybridized carbons (Fsp3) is 0.333. The number of benzene rings is 2. The molecule has 2 atom stereocenters. The number of carbonyl (C=O) groups excluding carboxylic acids is 1. The fourth-order valence-corrected chi connectivity index (χ4v) is 4.10. The maximum absolute atomic E-state index is 12.4. The Morgan fingerprint density at radius 1 is 1.07 bits per heavy atom. The standard InChI is InChI=1S/C21H21NO5/c23-19(20(24)25)13-9-10-22(11-13)21(26)27-12-18-16-7-3-1-5-14(16)15-6-2-4-8-17(15)18/h1-8,13,18-19,23H,9-12H2,(H,24,25). The Bertz CT molecular complexity index is 835. The van der Waals surface area contributed by atoms with Gasteiger partial charge in [0.25, 0.3) is 0 Å². The smallest absolute Gasteiger partial charge is 0.409 e. The molecule has 0 saturated carbocycles. The number of hydrogen-bond donors (Lipinski definition) is 2. The molecule has 1 aliphatic heterocycles. The second-order valence-corrected chi connectivity index (χ2v) is 7.08. The zero-order valence-corrected chi connectivity index (χ0v) is 14.7. The second kappa shape index (κ2) is 7.04. The lowest BCUT2D eigenvalue weighted by atomic mass is 9.98. The van der Waals surface area contributed by atoms with E-state index in [9.17, 15) is 14.7 Å². The largest absolute Gasteiger partial charge is 0.479 e. The third-order valence-electron chi connectivity index (χ3n) is 5.52. The van der Waals surface area contributed by atoms with Crippen LogP contribution in [0.1, 0.15) is 23.5 Å². The van der Waals surface area contributed by atoms with Crippen molar-refractivity contribution in [3.8, 4) is 11.1 Å². The topological polar surface area (TPSA) is 87.1 Å². The quantitative estimate of drug-likeness (QED) is 0.868. The van der Waals surface area contributed by atoms with E-state index in [1.807, 2.05) is 24.3 Å². The molecule has 0 aromatic heterocycles. The van der Waals surface area contributed by atoms with Gasteiger partial charge in [0, 0.05) is 24.9 Å². The maximum Gasteiger partial charge on any atom is 0.409 e. The SMILES string of the molecule is O=C(O)C(O)C1CCN(C(=O)OCC2c3ccccc3-c3ccccc32)C1. The van der Waals surface area contributed by atoms with E-state index in [1.165, 1.54) is 16.0 Å². The Kier molecular flexibility index (Phi) is 4.58. The second-order valence-electron chi connectivity index (χ2n) is 7.08. The van der Waals surface area contributed by atoms with Crippen LogP contribution in [0.2, 0.25) is 0 Å². The molecule has 2 aromatic carbocycles. The van der Waals surface area contributed by atoms with Crippen molar-refractivity contribution in [3.05, 3.63) is 59.7 Å². The summed E-state index contributed by atoms with van der Waals surface area (Å²) in [6, 6.07) is 16.2. The Hall–Kier alpha value is -2.86. The summed E-state index contributed by atoms with van der Waals surface area (Å²) in [6.07, 6.45) is -1.45. The Balaban J connectivity index is 1.44. The van der Waals surface area contributed by atoms with Gasteiger partial charge in [-0.15, -0.1) is 0 Å². The maximum atomic E-state index is 12.4. The van der Waals surface area contributed by atoms with Crippen LogP contribution in [0.15, 0.2) is 48.5 Å². The number of hydrogen-bond acceptors (Lipinski definition) is 4. The van der Waals surface area contributed by atoms with Crippen LogP contribution in [-0.4, -0.2) is 53.0 Å². The van der Waals surface area contributed by atoms with Gasteiger partial charge < -0.3 is 19.8 Å². The number of carbonyl (C=O) groups is 2. The predicted octanol–water partition coefficient (Wildman–Crippen LogP) is 2.70. The molecule has 1 saturated heterocycles. The van der Waals surface area contributed by atoms with Gasteiger partial charge in [0.2, 0.25) is 0 Å². The normalized spacial score (nSPS) is 19.4. The number of ether oxygens (including phenoxy) is 1. The molecular weight excluding hydrogens is 346 g/mol. The average molecular weight is 367 g/mol. The summed E-state index contributed by atoms with van der Waals surface area (Å²) in [4.78, 5) is 24.8. The minimum atomic E-state index is -1.45. The van der Waals surface area contributed by atoms with Gasteiger partial charge in [-0.3, -0.25) is 0 Å². The monoisotopic (exact) mass is 367 g/mol. The lowest BCUT2D eigenvalue weighted by Crippen LogP contribution is -2.34. The predicted molar refractivity (Wildman–Crippen MR) is 98.4 cm³/mol. The van der Waals surface area contributed by atoms with Crippen molar-refractivity contribution in [1.29, 1.82) is 0 Å². The number of aliphatic hydroxyl groups excluding tert-OH is 1. The molecule has 2 unspecified atom stereocenters. The minimum Gasteiger partial charge on any atom is -0.479 e. The van der Waals surface area contributed by atoms with E-state index in [0.29, 0.717) is 13.0 Å². The third-order valence-corrected chi connectivity index (χ3v) is 5.52. The number of fused-ring (bicyclic) bond motifs is 3. The summed E-state index contributed by atoms with van der Waals surface area (Å²) in [7, 11) is 0. The molecule has 6 nitrogen and oxygen atoms in total. The molecule has 1 aliphatic carbocycles. The minimum absolute atomic E-state index is 0.00985. The molecule has 1 fully saturated rings. The Morgan fingerprint density at radius 2 is 1.67 bits per heavy atom. The number of aliphatic hydroxyl groups is 1. The van der Waals surface area contributed by atoms with E-state index >= 15 is 0 Å². The van der Waals surface area contributed by atoms with Gasteiger partial charge in [-0.25, -0.2) is 9.59 Å². The molecule has 2 N–H and O–H groups in total. The van der Waals surface area contributed by atoms with Crippen LogP contribution in [0.4, 0.5) is 4.79 Å². The highest BCUT2D eigenvalue weighted by Gasteiger charge is 2.36. The lowest BCUT2D eigenvalue weighted by molar-refractivity contribution is -0.149. The first-order valence-electron chi connectivity index (χ1n) is 9.07. The highest BCUT2D eigenvalue weighted by molar-refractivity contribution is 5.79. The van der Waals surface area contributed by atoms with Crippen LogP contribution in [0.3, 0.4) is 0 Å². The van der Waals surface area contributed by atoms with E-state index in [0.717, 1.165) is 11.1 Å². The molecule has 1 heterocycles.